The van der Waals surface area contributed by atoms with Crippen LogP contribution in [0, 0.1) is 10.1 Å². The molecule has 0 aliphatic carbocycles. The summed E-state index contributed by atoms with van der Waals surface area (Å²) in [5, 5.41) is 18.0. The highest BCUT2D eigenvalue weighted by Crippen LogP contribution is 2.54. The van der Waals surface area contributed by atoms with Gasteiger partial charge < -0.3 is 4.74 Å². The van der Waals surface area contributed by atoms with Crippen molar-refractivity contribution in [2.24, 2.45) is 5.10 Å². The van der Waals surface area contributed by atoms with E-state index in [2.05, 4.69) is 0 Å². The van der Waals surface area contributed by atoms with Crippen LogP contribution in [-0.2, 0) is 0 Å². The van der Waals surface area contributed by atoms with E-state index in [0.717, 1.165) is 11.1 Å². The van der Waals surface area contributed by atoms with Gasteiger partial charge in [-0.15, -0.1) is 0 Å². The van der Waals surface area contributed by atoms with Gasteiger partial charge in [-0.3, -0.25) is 19.9 Å². The number of likely N-dealkylation sites (N-methyl/N-ethyl adjacent to an activating group) is 1. The molecule has 4 aromatic carbocycles. The molecule has 182 valence electrons. The fourth-order valence-electron chi connectivity index (χ4n) is 5.59. The van der Waals surface area contributed by atoms with Gasteiger partial charge in [0, 0.05) is 19.2 Å². The lowest BCUT2D eigenvalue weighted by Gasteiger charge is -2.47. The van der Waals surface area contributed by atoms with E-state index in [1.54, 1.807) is 30.3 Å². The molecule has 0 bridgehead atoms. The summed E-state index contributed by atoms with van der Waals surface area (Å²) in [5.74, 6) is -0.0533. The lowest BCUT2D eigenvalue weighted by Crippen LogP contribution is -2.60. The van der Waals surface area contributed by atoms with E-state index < -0.39 is 22.5 Å². The van der Waals surface area contributed by atoms with Crippen molar-refractivity contribution in [2.45, 2.75) is 17.6 Å². The zero-order valence-electron chi connectivity index (χ0n) is 20.0. The SMILES string of the molecule is CN1N=C(c2ccc([N+](=O)[O-])cc2)[C@@H](c2ccccc2)[C@]12C(=O)c1ccccc1OC2c1ccccc1. The molecule has 0 amide bonds. The third-order valence-corrected chi connectivity index (χ3v) is 7.26. The van der Waals surface area contributed by atoms with Crippen LogP contribution in [0.2, 0.25) is 0 Å². The summed E-state index contributed by atoms with van der Waals surface area (Å²) in [5.41, 5.74) is 2.40. The molecule has 2 heterocycles. The molecule has 0 saturated carbocycles. The van der Waals surface area contributed by atoms with E-state index >= 15 is 0 Å². The smallest absolute Gasteiger partial charge is 0.269 e. The summed E-state index contributed by atoms with van der Waals surface area (Å²) in [6, 6.07) is 33.1. The third kappa shape index (κ3) is 3.42. The van der Waals surface area contributed by atoms with E-state index in [0.29, 0.717) is 22.6 Å². The van der Waals surface area contributed by atoms with Crippen molar-refractivity contribution in [3.05, 3.63) is 142 Å². The molecule has 7 nitrogen and oxygen atoms in total. The summed E-state index contributed by atoms with van der Waals surface area (Å²) in [6.45, 7) is 0. The summed E-state index contributed by atoms with van der Waals surface area (Å²) in [4.78, 5) is 25.5. The van der Waals surface area contributed by atoms with Crippen LogP contribution in [0.3, 0.4) is 0 Å². The van der Waals surface area contributed by atoms with Crippen molar-refractivity contribution < 1.29 is 14.5 Å². The van der Waals surface area contributed by atoms with Crippen molar-refractivity contribution in [1.82, 2.24) is 5.01 Å². The molecule has 37 heavy (non-hydrogen) atoms. The number of Topliss-reactive ketones (excluding diaryl/α,β-unsaturated/α-hetero) is 1. The largest absolute Gasteiger partial charge is 0.482 e. The Balaban J connectivity index is 1.61. The van der Waals surface area contributed by atoms with Crippen molar-refractivity contribution in [3.63, 3.8) is 0 Å². The van der Waals surface area contributed by atoms with Gasteiger partial charge >= 0.3 is 0 Å². The van der Waals surface area contributed by atoms with Crippen LogP contribution in [0.4, 0.5) is 5.69 Å². The van der Waals surface area contributed by atoms with Gasteiger partial charge in [-0.2, -0.15) is 5.10 Å². The number of benzene rings is 4. The van der Waals surface area contributed by atoms with Gasteiger partial charge in [0.2, 0.25) is 0 Å². The molecule has 0 saturated heterocycles. The number of ketones is 1. The average molecular weight is 490 g/mol. The highest BCUT2D eigenvalue weighted by atomic mass is 16.6. The van der Waals surface area contributed by atoms with Gasteiger partial charge in [0.1, 0.15) is 5.75 Å². The van der Waals surface area contributed by atoms with Gasteiger partial charge in [0.15, 0.2) is 17.4 Å². The second-order valence-electron chi connectivity index (χ2n) is 9.22. The van der Waals surface area contributed by atoms with Gasteiger partial charge in [0.05, 0.1) is 22.1 Å². The van der Waals surface area contributed by atoms with Crippen LogP contribution >= 0.6 is 0 Å². The maximum absolute atomic E-state index is 14.7. The van der Waals surface area contributed by atoms with E-state index in [-0.39, 0.29) is 11.5 Å². The Morgan fingerprint density at radius 2 is 1.43 bits per heavy atom. The fourth-order valence-corrected chi connectivity index (χ4v) is 5.59. The Morgan fingerprint density at radius 1 is 0.838 bits per heavy atom. The highest BCUT2D eigenvalue weighted by molar-refractivity contribution is 6.17. The molecule has 3 atom stereocenters. The van der Waals surface area contributed by atoms with E-state index in [1.165, 1.54) is 12.1 Å². The van der Waals surface area contributed by atoms with Crippen molar-refractivity contribution in [1.29, 1.82) is 0 Å². The molecule has 0 fully saturated rings. The summed E-state index contributed by atoms with van der Waals surface area (Å²) < 4.78 is 6.66. The van der Waals surface area contributed by atoms with Crippen LogP contribution in [0.25, 0.3) is 0 Å². The second-order valence-corrected chi connectivity index (χ2v) is 9.22. The maximum Gasteiger partial charge on any atom is 0.269 e. The molecule has 2 aliphatic heterocycles. The number of hydrogen-bond acceptors (Lipinski definition) is 6. The number of non-ortho nitro benzene ring substituents is 1. The molecular weight excluding hydrogens is 466 g/mol. The number of hydrazone groups is 1. The van der Waals surface area contributed by atoms with E-state index in [9.17, 15) is 14.9 Å². The highest BCUT2D eigenvalue weighted by Gasteiger charge is 2.64. The first-order chi connectivity index (χ1) is 18.0. The number of para-hydroxylation sites is 1. The minimum Gasteiger partial charge on any atom is -0.482 e. The number of nitrogens with zero attached hydrogens (tertiary/aromatic N) is 3. The van der Waals surface area contributed by atoms with Crippen LogP contribution in [-0.4, -0.2) is 34.0 Å². The fraction of sp³-hybridized carbons (Fsp3) is 0.133. The molecule has 1 spiro atoms. The summed E-state index contributed by atoms with van der Waals surface area (Å²) in [7, 11) is 1.81. The van der Waals surface area contributed by atoms with Gasteiger partial charge in [-0.05, 0) is 41.0 Å². The molecular formula is C30H23N3O4. The van der Waals surface area contributed by atoms with Crippen LogP contribution in [0.1, 0.15) is 39.1 Å². The van der Waals surface area contributed by atoms with Crippen LogP contribution in [0.5, 0.6) is 5.75 Å². The number of carbonyl (C=O) groups excluding carboxylic acids is 1. The molecule has 4 aromatic rings. The topological polar surface area (TPSA) is 85.0 Å². The zero-order valence-corrected chi connectivity index (χ0v) is 20.0. The third-order valence-electron chi connectivity index (χ3n) is 7.26. The zero-order chi connectivity index (χ0) is 25.6. The predicted octanol–water partition coefficient (Wildman–Crippen LogP) is 5.78. The normalized spacial score (nSPS) is 22.4. The van der Waals surface area contributed by atoms with Crippen molar-refractivity contribution >= 4 is 17.2 Å². The van der Waals surface area contributed by atoms with Gasteiger partial charge in [-0.25, -0.2) is 0 Å². The molecule has 0 radical (unpaired) electrons. The van der Waals surface area contributed by atoms with Crippen molar-refractivity contribution in [2.75, 3.05) is 7.05 Å². The predicted molar refractivity (Wildman–Crippen MR) is 140 cm³/mol. The standard InChI is InChI=1S/C30H23N3O4/c1-32-30(28(34)24-14-8-9-15-25(24)37-29(30)22-12-6-3-7-13-22)26(20-10-4-2-5-11-20)27(31-32)21-16-18-23(19-17-21)33(35)36/h2-19,26,29H,1H3/t26-,29?,30-/m1/s1. The quantitative estimate of drug-likeness (QED) is 0.268. The Labute approximate surface area is 213 Å². The number of ether oxygens (including phenoxy) is 1. The molecule has 0 aromatic heterocycles. The summed E-state index contributed by atoms with van der Waals surface area (Å²) >= 11 is 0. The number of fused-ring (bicyclic) bond motifs is 1. The number of nitro benzene ring substituents is 1. The molecule has 2 aliphatic rings. The minimum atomic E-state index is -1.23. The first kappa shape index (κ1) is 22.7. The minimum absolute atomic E-state index is 0.00478. The Morgan fingerprint density at radius 3 is 2.08 bits per heavy atom. The molecule has 1 unspecified atom stereocenters. The molecule has 7 heteroatoms. The Kier molecular flexibility index (Phi) is 5.34. The molecule has 0 N–H and O–H groups in total. The van der Waals surface area contributed by atoms with E-state index in [1.807, 2.05) is 78.9 Å². The number of rotatable bonds is 4. The Hall–Kier alpha value is -4.78. The summed E-state index contributed by atoms with van der Waals surface area (Å²) in [6.07, 6.45) is -0.661. The van der Waals surface area contributed by atoms with E-state index in [4.69, 9.17) is 9.84 Å². The van der Waals surface area contributed by atoms with Gasteiger partial charge in [0.25, 0.3) is 5.69 Å². The lowest BCUT2D eigenvalue weighted by molar-refractivity contribution is -0.384. The maximum atomic E-state index is 14.7. The average Bonchev–Trinajstić information content (AvgIpc) is 3.25. The van der Waals surface area contributed by atoms with Crippen LogP contribution < -0.4 is 4.74 Å². The second kappa shape index (κ2) is 8.71. The number of carbonyl (C=O) groups is 1. The molecule has 6 rings (SSSR count). The first-order valence-corrected chi connectivity index (χ1v) is 12.0. The first-order valence-electron chi connectivity index (χ1n) is 12.0. The van der Waals surface area contributed by atoms with Crippen LogP contribution in [0.15, 0.2) is 114 Å². The number of hydrogen-bond donors (Lipinski definition) is 0. The Bertz CT molecular complexity index is 1520. The monoisotopic (exact) mass is 489 g/mol. The lowest BCUT2D eigenvalue weighted by atomic mass is 9.66. The van der Waals surface area contributed by atoms with Gasteiger partial charge in [-0.1, -0.05) is 72.8 Å². The number of nitro groups is 1. The van der Waals surface area contributed by atoms with Crippen molar-refractivity contribution in [3.8, 4) is 5.75 Å².